The summed E-state index contributed by atoms with van der Waals surface area (Å²) in [6, 6.07) is 14.9. The fraction of sp³-hybridized carbons (Fsp3) is 0.400. The predicted molar refractivity (Wildman–Crippen MR) is 104 cm³/mol. The second-order valence-corrected chi connectivity index (χ2v) is 8.08. The Hall–Kier alpha value is -1.00. The van der Waals surface area contributed by atoms with Crippen LogP contribution in [0, 0.1) is 0 Å². The van der Waals surface area contributed by atoms with Crippen molar-refractivity contribution in [2.45, 2.75) is 54.9 Å². The zero-order valence-electron chi connectivity index (χ0n) is 14.4. The van der Waals surface area contributed by atoms with Crippen LogP contribution in [0.4, 0.5) is 0 Å². The minimum Gasteiger partial charge on any atom is -0.394 e. The van der Waals surface area contributed by atoms with Crippen LogP contribution in [0.25, 0.3) is 0 Å². The van der Waals surface area contributed by atoms with Crippen LogP contribution >= 0.6 is 23.4 Å². The molecule has 24 heavy (non-hydrogen) atoms. The van der Waals surface area contributed by atoms with Crippen molar-refractivity contribution < 1.29 is 5.11 Å². The third-order valence-corrected chi connectivity index (χ3v) is 5.45. The molecule has 2 aromatic rings. The average Bonchev–Trinajstić information content (AvgIpc) is 2.57. The van der Waals surface area contributed by atoms with Crippen LogP contribution in [0.1, 0.15) is 37.8 Å². The van der Waals surface area contributed by atoms with Gasteiger partial charge in [-0.25, -0.2) is 0 Å². The lowest BCUT2D eigenvalue weighted by molar-refractivity contribution is 0.198. The average molecular weight is 364 g/mol. The van der Waals surface area contributed by atoms with Crippen molar-refractivity contribution in [3.05, 3.63) is 58.6 Å². The van der Waals surface area contributed by atoms with Gasteiger partial charge >= 0.3 is 0 Å². The van der Waals surface area contributed by atoms with Gasteiger partial charge in [0.15, 0.2) is 0 Å². The molecular weight excluding hydrogens is 338 g/mol. The van der Waals surface area contributed by atoms with Gasteiger partial charge < -0.3 is 10.8 Å². The molecule has 0 fully saturated rings. The highest BCUT2D eigenvalue weighted by Gasteiger charge is 2.16. The Morgan fingerprint density at radius 2 is 1.92 bits per heavy atom. The summed E-state index contributed by atoms with van der Waals surface area (Å²) >= 11 is 8.18. The molecule has 0 unspecified atom stereocenters. The van der Waals surface area contributed by atoms with Crippen molar-refractivity contribution in [1.82, 2.24) is 0 Å². The molecule has 130 valence electrons. The van der Waals surface area contributed by atoms with Crippen molar-refractivity contribution in [1.29, 1.82) is 0 Å². The van der Waals surface area contributed by atoms with Crippen LogP contribution in [0.5, 0.6) is 0 Å². The van der Waals surface area contributed by atoms with Crippen molar-refractivity contribution in [2.75, 3.05) is 6.61 Å². The van der Waals surface area contributed by atoms with E-state index in [-0.39, 0.29) is 6.61 Å². The summed E-state index contributed by atoms with van der Waals surface area (Å²) in [6.07, 6.45) is 3.61. The maximum atomic E-state index is 9.21. The summed E-state index contributed by atoms with van der Waals surface area (Å²) in [5.74, 6) is 0. The highest BCUT2D eigenvalue weighted by molar-refractivity contribution is 7.99. The van der Waals surface area contributed by atoms with Crippen LogP contribution in [-0.4, -0.2) is 17.3 Å². The molecule has 0 spiro atoms. The third-order valence-electron chi connectivity index (χ3n) is 4.12. The van der Waals surface area contributed by atoms with Crippen LogP contribution in [0.3, 0.4) is 0 Å². The molecule has 0 aliphatic carbocycles. The van der Waals surface area contributed by atoms with E-state index in [1.54, 1.807) is 11.8 Å². The Bertz CT molecular complexity index is 672. The number of nitrogens with two attached hydrogens (primary N) is 1. The predicted octanol–water partition coefficient (Wildman–Crippen LogP) is 5.09. The molecule has 2 rings (SSSR count). The Balaban J connectivity index is 1.98. The fourth-order valence-corrected chi connectivity index (χ4v) is 3.80. The molecule has 4 heteroatoms. The number of hydrogen-bond acceptors (Lipinski definition) is 3. The second-order valence-electron chi connectivity index (χ2n) is 6.52. The number of benzene rings is 2. The van der Waals surface area contributed by atoms with Gasteiger partial charge in [0.25, 0.3) is 0 Å². The maximum absolute atomic E-state index is 9.21. The first-order chi connectivity index (χ1) is 11.4. The van der Waals surface area contributed by atoms with E-state index < -0.39 is 5.54 Å². The number of aliphatic hydroxyl groups is 1. The van der Waals surface area contributed by atoms with E-state index in [9.17, 15) is 5.11 Å². The normalized spacial score (nSPS) is 13.7. The van der Waals surface area contributed by atoms with Gasteiger partial charge in [-0.1, -0.05) is 48.5 Å². The number of aryl methyl sites for hydroxylation is 2. The summed E-state index contributed by atoms with van der Waals surface area (Å²) < 4.78 is 0. The maximum Gasteiger partial charge on any atom is 0.0608 e. The molecule has 0 bridgehead atoms. The molecule has 2 aromatic carbocycles. The molecule has 0 aromatic heterocycles. The van der Waals surface area contributed by atoms with Crippen molar-refractivity contribution in [3.8, 4) is 0 Å². The largest absolute Gasteiger partial charge is 0.394 e. The molecule has 3 N–H and O–H groups in total. The third kappa shape index (κ3) is 5.82. The lowest BCUT2D eigenvalue weighted by atomic mass is 9.95. The summed E-state index contributed by atoms with van der Waals surface area (Å²) in [4.78, 5) is 2.39. The Morgan fingerprint density at radius 3 is 2.58 bits per heavy atom. The van der Waals surface area contributed by atoms with Crippen molar-refractivity contribution in [3.63, 3.8) is 0 Å². The summed E-state index contributed by atoms with van der Waals surface area (Å²) in [5.41, 5.74) is 7.94. The number of aliphatic hydroxyl groups excluding tert-OH is 1. The SMILES string of the molecule is CCc1cccc(Sc2ccc(CCC[C@@](C)(N)CO)c(Cl)c2)c1. The monoisotopic (exact) mass is 363 g/mol. The van der Waals surface area contributed by atoms with Gasteiger partial charge in [0.1, 0.15) is 0 Å². The standard InChI is InChI=1S/C20H26ClNOS/c1-3-15-6-4-8-17(12-15)24-18-10-9-16(19(21)13-18)7-5-11-20(2,22)14-23/h4,6,8-10,12-13,23H,3,5,7,11,14,22H2,1-2H3/t20-/m1/s1. The Morgan fingerprint density at radius 1 is 1.17 bits per heavy atom. The number of rotatable bonds is 8. The van der Waals surface area contributed by atoms with Gasteiger partial charge in [0, 0.05) is 20.4 Å². The van der Waals surface area contributed by atoms with Gasteiger partial charge in [-0.05, 0) is 68.0 Å². The van der Waals surface area contributed by atoms with Crippen LogP contribution in [0.2, 0.25) is 5.02 Å². The number of hydrogen-bond donors (Lipinski definition) is 2. The lowest BCUT2D eigenvalue weighted by Crippen LogP contribution is -2.40. The quantitative estimate of drug-likeness (QED) is 0.687. The summed E-state index contributed by atoms with van der Waals surface area (Å²) in [5, 5.41) is 10.0. The van der Waals surface area contributed by atoms with Gasteiger partial charge in [-0.2, -0.15) is 0 Å². The highest BCUT2D eigenvalue weighted by atomic mass is 35.5. The van der Waals surface area contributed by atoms with Crippen LogP contribution in [0.15, 0.2) is 52.3 Å². The Kier molecular flexibility index (Phi) is 7.17. The van der Waals surface area contributed by atoms with E-state index in [0.717, 1.165) is 41.2 Å². The zero-order valence-corrected chi connectivity index (χ0v) is 16.0. The zero-order chi connectivity index (χ0) is 17.6. The second kappa shape index (κ2) is 8.91. The molecule has 1 atom stereocenters. The minimum absolute atomic E-state index is 0.00708. The van der Waals surface area contributed by atoms with E-state index in [2.05, 4.69) is 43.3 Å². The van der Waals surface area contributed by atoms with Gasteiger partial charge in [0.2, 0.25) is 0 Å². The van der Waals surface area contributed by atoms with E-state index in [4.69, 9.17) is 17.3 Å². The van der Waals surface area contributed by atoms with E-state index in [1.165, 1.54) is 10.5 Å². The van der Waals surface area contributed by atoms with E-state index >= 15 is 0 Å². The molecular formula is C20H26ClNOS. The molecule has 0 aliphatic heterocycles. The lowest BCUT2D eigenvalue weighted by Gasteiger charge is -2.21. The summed E-state index contributed by atoms with van der Waals surface area (Å²) in [6.45, 7) is 4.05. The van der Waals surface area contributed by atoms with E-state index in [0.29, 0.717) is 0 Å². The molecule has 2 nitrogen and oxygen atoms in total. The van der Waals surface area contributed by atoms with Gasteiger partial charge in [-0.3, -0.25) is 0 Å². The number of halogens is 1. The molecule has 0 aliphatic rings. The molecule has 0 saturated heterocycles. The van der Waals surface area contributed by atoms with Crippen molar-refractivity contribution >= 4 is 23.4 Å². The first-order valence-corrected chi connectivity index (χ1v) is 9.58. The first-order valence-electron chi connectivity index (χ1n) is 8.38. The van der Waals surface area contributed by atoms with Crippen LogP contribution in [-0.2, 0) is 12.8 Å². The summed E-state index contributed by atoms with van der Waals surface area (Å²) in [7, 11) is 0. The van der Waals surface area contributed by atoms with Crippen molar-refractivity contribution in [2.24, 2.45) is 5.73 Å². The van der Waals surface area contributed by atoms with Crippen LogP contribution < -0.4 is 5.73 Å². The first kappa shape index (κ1) is 19.3. The highest BCUT2D eigenvalue weighted by Crippen LogP contribution is 2.32. The fourth-order valence-electron chi connectivity index (χ4n) is 2.52. The molecule has 0 amide bonds. The molecule has 0 heterocycles. The van der Waals surface area contributed by atoms with Gasteiger partial charge in [0.05, 0.1) is 6.61 Å². The Labute approximate surface area is 154 Å². The van der Waals surface area contributed by atoms with Gasteiger partial charge in [-0.15, -0.1) is 0 Å². The topological polar surface area (TPSA) is 46.2 Å². The molecule has 0 saturated carbocycles. The molecule has 0 radical (unpaired) electrons. The van der Waals surface area contributed by atoms with E-state index in [1.807, 2.05) is 13.0 Å². The smallest absolute Gasteiger partial charge is 0.0608 e. The minimum atomic E-state index is -0.507.